The minimum atomic E-state index is -4.28. The third-order valence-corrected chi connectivity index (χ3v) is 4.49. The van der Waals surface area contributed by atoms with Gasteiger partial charge >= 0.3 is 6.18 Å². The number of alkyl halides is 3. The first kappa shape index (κ1) is 16.6. The topological polar surface area (TPSA) is 38.0 Å². The molecule has 0 bridgehead atoms. The Kier molecular flexibility index (Phi) is 5.20. The molecule has 1 aliphatic rings. The lowest BCUT2D eigenvalue weighted by Gasteiger charge is -2.36. The Morgan fingerprint density at radius 2 is 2.10 bits per heavy atom. The highest BCUT2D eigenvalue weighted by molar-refractivity contribution is 6.31. The van der Waals surface area contributed by atoms with Crippen molar-refractivity contribution < 1.29 is 18.3 Å². The van der Waals surface area contributed by atoms with Crippen LogP contribution in [0.25, 0.3) is 0 Å². The van der Waals surface area contributed by atoms with E-state index in [9.17, 15) is 18.3 Å². The lowest BCUT2D eigenvalue weighted by atomic mass is 9.75. The molecule has 1 aliphatic carbocycles. The Morgan fingerprint density at radius 3 is 2.71 bits per heavy atom. The molecule has 1 aromatic heterocycles. The first-order valence-corrected chi connectivity index (χ1v) is 7.70. The fraction of sp³-hybridized carbons (Fsp3) is 0.786. The Morgan fingerprint density at radius 1 is 1.43 bits per heavy atom. The molecule has 3 nitrogen and oxygen atoms in total. The van der Waals surface area contributed by atoms with E-state index >= 15 is 0 Å². The van der Waals surface area contributed by atoms with Crippen LogP contribution in [0, 0.1) is 11.8 Å². The molecule has 21 heavy (non-hydrogen) atoms. The number of aliphatic hydroxyl groups is 1. The third-order valence-electron chi connectivity index (χ3n) is 4.19. The molecule has 1 heterocycles. The second-order valence-corrected chi connectivity index (χ2v) is 6.05. The summed E-state index contributed by atoms with van der Waals surface area (Å²) in [4.78, 5) is 0. The van der Waals surface area contributed by atoms with Gasteiger partial charge in [-0.25, -0.2) is 0 Å². The number of rotatable bonds is 4. The fourth-order valence-electron chi connectivity index (χ4n) is 3.20. The number of hydrogen-bond donors (Lipinski definition) is 1. The van der Waals surface area contributed by atoms with Gasteiger partial charge in [-0.05, 0) is 19.3 Å². The van der Waals surface area contributed by atoms with Crippen molar-refractivity contribution in [3.8, 4) is 0 Å². The molecule has 3 unspecified atom stereocenters. The first-order valence-electron chi connectivity index (χ1n) is 7.32. The molecule has 120 valence electrons. The summed E-state index contributed by atoms with van der Waals surface area (Å²) in [5.74, 6) is -2.31. The third kappa shape index (κ3) is 3.54. The first-order chi connectivity index (χ1) is 9.86. The van der Waals surface area contributed by atoms with Gasteiger partial charge in [-0.1, -0.05) is 31.4 Å². The van der Waals surface area contributed by atoms with Gasteiger partial charge in [0.1, 0.15) is 6.10 Å². The van der Waals surface area contributed by atoms with Crippen LogP contribution in [-0.2, 0) is 6.54 Å². The van der Waals surface area contributed by atoms with E-state index in [1.807, 2.05) is 6.92 Å². The average Bonchev–Trinajstić information content (AvgIpc) is 2.79. The van der Waals surface area contributed by atoms with Crippen LogP contribution in [0.4, 0.5) is 13.2 Å². The zero-order valence-corrected chi connectivity index (χ0v) is 12.7. The van der Waals surface area contributed by atoms with Gasteiger partial charge in [0.05, 0.1) is 22.8 Å². The molecule has 1 N–H and O–H groups in total. The maximum atomic E-state index is 13.2. The molecule has 0 aromatic carbocycles. The van der Waals surface area contributed by atoms with Gasteiger partial charge in [-0.15, -0.1) is 0 Å². The number of aromatic nitrogens is 2. The van der Waals surface area contributed by atoms with E-state index in [-0.39, 0.29) is 11.4 Å². The van der Waals surface area contributed by atoms with E-state index in [1.54, 1.807) is 0 Å². The zero-order valence-electron chi connectivity index (χ0n) is 11.9. The van der Waals surface area contributed by atoms with Gasteiger partial charge in [0.15, 0.2) is 0 Å². The SMILES string of the molecule is CCCn1ncc(Cl)c1C(O)C1CCCCC1C(F)(F)F. The summed E-state index contributed by atoms with van der Waals surface area (Å²) in [5, 5.41) is 14.8. The molecule has 0 saturated heterocycles. The summed E-state index contributed by atoms with van der Waals surface area (Å²) in [6.45, 7) is 2.47. The molecule has 1 fully saturated rings. The van der Waals surface area contributed by atoms with Gasteiger partial charge < -0.3 is 5.11 Å². The maximum absolute atomic E-state index is 13.2. The lowest BCUT2D eigenvalue weighted by molar-refractivity contribution is -0.207. The summed E-state index contributed by atoms with van der Waals surface area (Å²) < 4.78 is 41.1. The van der Waals surface area contributed by atoms with Crippen LogP contribution in [0.15, 0.2) is 6.20 Å². The van der Waals surface area contributed by atoms with Crippen molar-refractivity contribution in [3.63, 3.8) is 0 Å². The average molecular weight is 325 g/mol. The highest BCUT2D eigenvalue weighted by Gasteiger charge is 2.48. The number of halogens is 4. The van der Waals surface area contributed by atoms with Crippen molar-refractivity contribution in [2.45, 2.75) is 57.9 Å². The van der Waals surface area contributed by atoms with Crippen molar-refractivity contribution in [1.29, 1.82) is 0 Å². The van der Waals surface area contributed by atoms with E-state index in [0.29, 0.717) is 31.5 Å². The van der Waals surface area contributed by atoms with Gasteiger partial charge in [0.25, 0.3) is 0 Å². The molecule has 3 atom stereocenters. The Balaban J connectivity index is 2.29. The molecule has 1 saturated carbocycles. The van der Waals surface area contributed by atoms with E-state index in [0.717, 1.165) is 6.42 Å². The van der Waals surface area contributed by atoms with E-state index < -0.39 is 24.1 Å². The molecule has 0 spiro atoms. The molecular weight excluding hydrogens is 305 g/mol. The quantitative estimate of drug-likeness (QED) is 0.894. The van der Waals surface area contributed by atoms with Crippen LogP contribution in [-0.4, -0.2) is 21.1 Å². The van der Waals surface area contributed by atoms with Crippen LogP contribution in [0.5, 0.6) is 0 Å². The van der Waals surface area contributed by atoms with Crippen LogP contribution in [0.2, 0.25) is 5.02 Å². The van der Waals surface area contributed by atoms with Crippen molar-refractivity contribution in [2.24, 2.45) is 11.8 Å². The molecule has 7 heteroatoms. The highest BCUT2D eigenvalue weighted by Crippen LogP contribution is 2.47. The van der Waals surface area contributed by atoms with Gasteiger partial charge in [0, 0.05) is 12.5 Å². The molecule has 0 aliphatic heterocycles. The summed E-state index contributed by atoms with van der Waals surface area (Å²) >= 11 is 6.03. The van der Waals surface area contributed by atoms with Crippen molar-refractivity contribution >= 4 is 11.6 Å². The largest absolute Gasteiger partial charge is 0.392 e. The van der Waals surface area contributed by atoms with Crippen LogP contribution < -0.4 is 0 Å². The molecule has 1 aromatic rings. The number of nitrogens with zero attached hydrogens (tertiary/aromatic N) is 2. The normalized spacial score (nSPS) is 25.0. The van der Waals surface area contributed by atoms with Crippen LogP contribution in [0.3, 0.4) is 0 Å². The van der Waals surface area contributed by atoms with Crippen LogP contribution >= 0.6 is 11.6 Å². The second kappa shape index (κ2) is 6.57. The minimum Gasteiger partial charge on any atom is -0.386 e. The Bertz CT molecular complexity index is 475. The fourth-order valence-corrected chi connectivity index (χ4v) is 3.46. The van der Waals surface area contributed by atoms with Crippen molar-refractivity contribution in [3.05, 3.63) is 16.9 Å². The van der Waals surface area contributed by atoms with Crippen molar-refractivity contribution in [1.82, 2.24) is 9.78 Å². The molecule has 0 radical (unpaired) electrons. The molecule has 2 rings (SSSR count). The van der Waals surface area contributed by atoms with Gasteiger partial charge in [0.2, 0.25) is 0 Å². The summed E-state index contributed by atoms with van der Waals surface area (Å²) in [6.07, 6.45) is -1.66. The number of hydrogen-bond acceptors (Lipinski definition) is 2. The summed E-state index contributed by atoms with van der Waals surface area (Å²) in [7, 11) is 0. The molecular formula is C14H20ClF3N2O. The van der Waals surface area contributed by atoms with Gasteiger partial charge in [-0.2, -0.15) is 18.3 Å². The number of aryl methyl sites for hydroxylation is 1. The van der Waals surface area contributed by atoms with Crippen LogP contribution in [0.1, 0.15) is 50.8 Å². The standard InChI is InChI=1S/C14H20ClF3N2O/c1-2-7-20-12(11(15)8-19-20)13(21)9-5-3-4-6-10(9)14(16,17)18/h8-10,13,21H,2-7H2,1H3. The molecule has 0 amide bonds. The summed E-state index contributed by atoms with van der Waals surface area (Å²) in [5.41, 5.74) is 0.319. The minimum absolute atomic E-state index is 0.0742. The van der Waals surface area contributed by atoms with Crippen molar-refractivity contribution in [2.75, 3.05) is 0 Å². The predicted octanol–water partition coefficient (Wildman–Crippen LogP) is 4.35. The predicted molar refractivity (Wildman–Crippen MR) is 74.0 cm³/mol. The van der Waals surface area contributed by atoms with E-state index in [4.69, 9.17) is 11.6 Å². The lowest BCUT2D eigenvalue weighted by Crippen LogP contribution is -2.36. The zero-order chi connectivity index (χ0) is 15.6. The van der Waals surface area contributed by atoms with Gasteiger partial charge in [-0.3, -0.25) is 4.68 Å². The Hall–Kier alpha value is -0.750. The second-order valence-electron chi connectivity index (χ2n) is 5.64. The number of aliphatic hydroxyl groups excluding tert-OH is 1. The highest BCUT2D eigenvalue weighted by atomic mass is 35.5. The maximum Gasteiger partial charge on any atom is 0.392 e. The summed E-state index contributed by atoms with van der Waals surface area (Å²) in [6, 6.07) is 0. The smallest absolute Gasteiger partial charge is 0.386 e. The monoisotopic (exact) mass is 324 g/mol. The van der Waals surface area contributed by atoms with E-state index in [2.05, 4.69) is 5.10 Å². The Labute approximate surface area is 127 Å². The van der Waals surface area contributed by atoms with E-state index in [1.165, 1.54) is 10.9 Å².